The summed E-state index contributed by atoms with van der Waals surface area (Å²) in [6.07, 6.45) is -4.12. The average molecular weight is 498 g/mol. The minimum atomic E-state index is -4.78. The van der Waals surface area contributed by atoms with E-state index in [2.05, 4.69) is 15.9 Å². The highest BCUT2D eigenvalue weighted by Gasteiger charge is 2.62. The Kier molecular flexibility index (Phi) is 6.45. The van der Waals surface area contributed by atoms with Gasteiger partial charge in [-0.25, -0.2) is 17.6 Å². The number of ether oxygens (including phenoxy) is 1. The summed E-state index contributed by atoms with van der Waals surface area (Å²) in [5, 5.41) is -1.89. The minimum absolute atomic E-state index is 0.483. The highest BCUT2D eigenvalue weighted by molar-refractivity contribution is 9.08. The molecule has 2 nitrogen and oxygen atoms in total. The summed E-state index contributed by atoms with van der Waals surface area (Å²) >= 11 is 7.86. The first-order valence-electron chi connectivity index (χ1n) is 7.75. The SMILES string of the molecule is CC1(C)[C@H](/C=C(\Cl)C(F)(F)F)[C@@H]1C(=O)OCc1c(F)c(F)c(CBr)c(F)c1F. The topological polar surface area (TPSA) is 26.3 Å². The molecule has 28 heavy (non-hydrogen) atoms. The molecule has 11 heteroatoms. The molecule has 0 amide bonds. The van der Waals surface area contributed by atoms with Gasteiger partial charge >= 0.3 is 12.1 Å². The zero-order valence-electron chi connectivity index (χ0n) is 14.4. The molecule has 1 aliphatic carbocycles. The van der Waals surface area contributed by atoms with E-state index < -0.39 is 80.8 Å². The van der Waals surface area contributed by atoms with Gasteiger partial charge in [0.15, 0.2) is 23.3 Å². The number of carbonyl (C=O) groups excluding carboxylic acids is 1. The maximum atomic E-state index is 13.9. The van der Waals surface area contributed by atoms with Crippen molar-refractivity contribution < 1.29 is 40.3 Å². The number of esters is 1. The number of benzene rings is 1. The number of alkyl halides is 4. The van der Waals surface area contributed by atoms with Crippen LogP contribution in [0.25, 0.3) is 0 Å². The van der Waals surface area contributed by atoms with E-state index in [0.717, 1.165) is 0 Å². The number of hydrogen-bond acceptors (Lipinski definition) is 2. The van der Waals surface area contributed by atoms with E-state index in [9.17, 15) is 35.5 Å². The van der Waals surface area contributed by atoms with E-state index in [1.807, 2.05) is 0 Å². The van der Waals surface area contributed by atoms with Gasteiger partial charge in [0, 0.05) is 10.9 Å². The monoisotopic (exact) mass is 496 g/mol. The Labute approximate surface area is 168 Å². The van der Waals surface area contributed by atoms with Gasteiger partial charge in [-0.2, -0.15) is 13.2 Å². The van der Waals surface area contributed by atoms with Crippen LogP contribution in [0.1, 0.15) is 25.0 Å². The molecule has 0 N–H and O–H groups in total. The summed E-state index contributed by atoms with van der Waals surface area (Å²) in [5.74, 6) is -9.75. The van der Waals surface area contributed by atoms with Crippen molar-refractivity contribution in [3.05, 3.63) is 45.5 Å². The second kappa shape index (κ2) is 7.85. The van der Waals surface area contributed by atoms with Gasteiger partial charge in [-0.3, -0.25) is 4.79 Å². The van der Waals surface area contributed by atoms with Crippen LogP contribution in [0.3, 0.4) is 0 Å². The molecule has 0 spiro atoms. The Bertz CT molecular complexity index is 807. The van der Waals surface area contributed by atoms with Crippen molar-refractivity contribution in [1.29, 1.82) is 0 Å². The molecule has 0 bridgehead atoms. The minimum Gasteiger partial charge on any atom is -0.460 e. The molecule has 0 saturated heterocycles. The van der Waals surface area contributed by atoms with E-state index >= 15 is 0 Å². The van der Waals surface area contributed by atoms with Crippen molar-refractivity contribution in [2.45, 2.75) is 32.0 Å². The Morgan fingerprint density at radius 3 is 2.00 bits per heavy atom. The van der Waals surface area contributed by atoms with Crippen molar-refractivity contribution in [1.82, 2.24) is 0 Å². The van der Waals surface area contributed by atoms with E-state index in [1.54, 1.807) is 0 Å². The molecule has 156 valence electrons. The fourth-order valence-corrected chi connectivity index (χ4v) is 3.52. The molecule has 0 aromatic heterocycles. The quantitative estimate of drug-likeness (QED) is 0.211. The molecular formula is C17H13BrClF7O2. The van der Waals surface area contributed by atoms with Gasteiger partial charge in [-0.05, 0) is 11.3 Å². The third-order valence-corrected chi connectivity index (χ3v) is 5.60. The lowest BCUT2D eigenvalue weighted by Crippen LogP contribution is -2.14. The van der Waals surface area contributed by atoms with Gasteiger partial charge in [-0.1, -0.05) is 47.5 Å². The van der Waals surface area contributed by atoms with Gasteiger partial charge in [0.2, 0.25) is 0 Å². The van der Waals surface area contributed by atoms with Crippen LogP contribution in [-0.4, -0.2) is 12.1 Å². The third kappa shape index (κ3) is 4.17. The molecule has 0 heterocycles. The fourth-order valence-electron chi connectivity index (χ4n) is 2.89. The Morgan fingerprint density at radius 1 is 1.11 bits per heavy atom. The Balaban J connectivity index is 2.18. The smallest absolute Gasteiger partial charge is 0.426 e. The lowest BCUT2D eigenvalue weighted by molar-refractivity contribution is -0.147. The summed E-state index contributed by atoms with van der Waals surface area (Å²) in [4.78, 5) is 12.1. The standard InChI is InChI=1S/C17H13BrClF7O2/c1-16(2)8(3-9(19)17(24,25)26)10(16)15(27)28-5-7-13(22)11(20)6(4-18)12(21)14(7)23/h3,8,10H,4-5H2,1-2H3/b9-3-/t8-,10-/m1/s1. The molecule has 0 radical (unpaired) electrons. The van der Waals surface area contributed by atoms with E-state index in [-0.39, 0.29) is 0 Å². The highest BCUT2D eigenvalue weighted by Crippen LogP contribution is 2.60. The fraction of sp³-hybridized carbons (Fsp3) is 0.471. The van der Waals surface area contributed by atoms with E-state index in [0.29, 0.717) is 6.08 Å². The van der Waals surface area contributed by atoms with Gasteiger partial charge in [0.25, 0.3) is 0 Å². The molecule has 0 unspecified atom stereocenters. The summed E-state index contributed by atoms with van der Waals surface area (Å²) < 4.78 is 97.7. The van der Waals surface area contributed by atoms with Crippen LogP contribution in [0, 0.1) is 40.5 Å². The molecule has 2 atom stereocenters. The predicted molar refractivity (Wildman–Crippen MR) is 89.5 cm³/mol. The number of carbonyl (C=O) groups is 1. The van der Waals surface area contributed by atoms with Crippen molar-refractivity contribution in [3.8, 4) is 0 Å². The lowest BCUT2D eigenvalue weighted by Gasteiger charge is -2.11. The number of allylic oxidation sites excluding steroid dienone is 2. The van der Waals surface area contributed by atoms with Crippen LogP contribution in [-0.2, 0) is 21.5 Å². The molecule has 1 aromatic rings. The van der Waals surface area contributed by atoms with Crippen LogP contribution in [0.4, 0.5) is 30.7 Å². The first-order chi connectivity index (χ1) is 12.7. The van der Waals surface area contributed by atoms with Crippen molar-refractivity contribution in [3.63, 3.8) is 0 Å². The first-order valence-corrected chi connectivity index (χ1v) is 9.25. The first kappa shape index (κ1) is 23.0. The van der Waals surface area contributed by atoms with Crippen molar-refractivity contribution in [2.75, 3.05) is 0 Å². The molecule has 1 fully saturated rings. The van der Waals surface area contributed by atoms with Gasteiger partial charge < -0.3 is 4.74 Å². The normalized spacial score (nSPS) is 21.6. The Hall–Kier alpha value is -1.29. The summed E-state index contributed by atoms with van der Waals surface area (Å²) in [6.45, 7) is 1.83. The summed E-state index contributed by atoms with van der Waals surface area (Å²) in [6, 6.07) is 0. The van der Waals surface area contributed by atoms with Crippen LogP contribution < -0.4 is 0 Å². The largest absolute Gasteiger partial charge is 0.460 e. The second-order valence-corrected chi connectivity index (χ2v) is 7.76. The second-order valence-electron chi connectivity index (χ2n) is 6.79. The van der Waals surface area contributed by atoms with Crippen LogP contribution in [0.5, 0.6) is 0 Å². The number of rotatable bonds is 5. The summed E-state index contributed by atoms with van der Waals surface area (Å²) in [7, 11) is 0. The van der Waals surface area contributed by atoms with Crippen LogP contribution in [0.2, 0.25) is 0 Å². The van der Waals surface area contributed by atoms with Gasteiger partial charge in [-0.15, -0.1) is 0 Å². The third-order valence-electron chi connectivity index (χ3n) is 4.70. The van der Waals surface area contributed by atoms with Gasteiger partial charge in [0.1, 0.15) is 11.6 Å². The Morgan fingerprint density at radius 2 is 1.57 bits per heavy atom. The molecule has 1 aliphatic rings. The molecule has 1 saturated carbocycles. The highest BCUT2D eigenvalue weighted by atomic mass is 79.9. The predicted octanol–water partition coefficient (Wildman–Crippen LogP) is 6.14. The average Bonchev–Trinajstić information content (AvgIpc) is 3.13. The van der Waals surface area contributed by atoms with Crippen LogP contribution >= 0.6 is 27.5 Å². The van der Waals surface area contributed by atoms with Crippen LogP contribution in [0.15, 0.2) is 11.1 Å². The van der Waals surface area contributed by atoms with Gasteiger partial charge in [0.05, 0.1) is 11.5 Å². The zero-order chi connectivity index (χ0) is 21.6. The number of halogens is 9. The lowest BCUT2D eigenvalue weighted by atomic mass is 10.1. The van der Waals surface area contributed by atoms with Crippen molar-refractivity contribution in [2.24, 2.45) is 17.3 Å². The molecule has 0 aliphatic heterocycles. The van der Waals surface area contributed by atoms with E-state index in [4.69, 9.17) is 16.3 Å². The van der Waals surface area contributed by atoms with Crippen molar-refractivity contribution >= 4 is 33.5 Å². The number of hydrogen-bond donors (Lipinski definition) is 0. The summed E-state index contributed by atoms with van der Waals surface area (Å²) in [5.41, 5.74) is -2.94. The van der Waals surface area contributed by atoms with E-state index in [1.165, 1.54) is 13.8 Å². The maximum Gasteiger partial charge on any atom is 0.426 e. The zero-order valence-corrected chi connectivity index (χ0v) is 16.7. The molecular weight excluding hydrogens is 485 g/mol. The molecule has 2 rings (SSSR count). The maximum absolute atomic E-state index is 13.9. The molecule has 1 aromatic carbocycles.